The molecule has 31 heavy (non-hydrogen) atoms. The highest BCUT2D eigenvalue weighted by Crippen LogP contribution is 2.37. The van der Waals surface area contributed by atoms with E-state index in [0.717, 1.165) is 32.7 Å². The highest BCUT2D eigenvalue weighted by molar-refractivity contribution is 7.22. The molecule has 0 aliphatic heterocycles. The second kappa shape index (κ2) is 9.18. The lowest BCUT2D eigenvalue weighted by molar-refractivity contribution is -0.118. The van der Waals surface area contributed by atoms with E-state index < -0.39 is 0 Å². The van der Waals surface area contributed by atoms with Gasteiger partial charge in [-0.05, 0) is 41.8 Å². The number of aromatic nitrogens is 1. The van der Waals surface area contributed by atoms with E-state index in [2.05, 4.69) is 0 Å². The van der Waals surface area contributed by atoms with Crippen molar-refractivity contribution in [3.05, 3.63) is 83.4 Å². The van der Waals surface area contributed by atoms with Crippen molar-refractivity contribution in [1.29, 1.82) is 0 Å². The van der Waals surface area contributed by atoms with Crippen molar-refractivity contribution in [1.82, 2.24) is 4.98 Å². The van der Waals surface area contributed by atoms with Crippen LogP contribution in [-0.4, -0.2) is 25.1 Å². The monoisotopic (exact) mass is 432 g/mol. The summed E-state index contributed by atoms with van der Waals surface area (Å²) in [6, 6.07) is 21.5. The molecule has 1 amide bonds. The third kappa shape index (κ3) is 4.54. The third-order valence-corrected chi connectivity index (χ3v) is 6.36. The molecule has 0 N–H and O–H groups in total. The van der Waals surface area contributed by atoms with Gasteiger partial charge in [-0.1, -0.05) is 59.9 Å². The first-order valence-corrected chi connectivity index (χ1v) is 10.8. The van der Waals surface area contributed by atoms with Gasteiger partial charge in [-0.15, -0.1) is 0 Å². The van der Waals surface area contributed by atoms with E-state index >= 15 is 0 Å². The summed E-state index contributed by atoms with van der Waals surface area (Å²) in [6.45, 7) is 2.50. The molecule has 4 aromatic rings. The quantitative estimate of drug-likeness (QED) is 0.392. The SMILES string of the molecule is COc1ccc(CC(=O)N(Cc2ccccc2)c2nc3c(OC)ccc(C)c3s2)cc1. The predicted octanol–water partition coefficient (Wildman–Crippen LogP) is 5.40. The Balaban J connectivity index is 1.71. The van der Waals surface area contributed by atoms with Crippen LogP contribution in [0, 0.1) is 6.92 Å². The Morgan fingerprint density at radius 3 is 2.35 bits per heavy atom. The number of rotatable bonds is 7. The number of fused-ring (bicyclic) bond motifs is 1. The Morgan fingerprint density at radius 1 is 0.935 bits per heavy atom. The lowest BCUT2D eigenvalue weighted by Gasteiger charge is -2.20. The number of aryl methyl sites for hydroxylation is 1. The number of methoxy groups -OCH3 is 2. The molecule has 0 unspecified atom stereocenters. The lowest BCUT2D eigenvalue weighted by Crippen LogP contribution is -2.31. The molecule has 3 aromatic carbocycles. The van der Waals surface area contributed by atoms with Gasteiger partial charge in [-0.2, -0.15) is 0 Å². The zero-order valence-corrected chi connectivity index (χ0v) is 18.6. The van der Waals surface area contributed by atoms with Crippen molar-refractivity contribution in [3.63, 3.8) is 0 Å². The first kappa shape index (κ1) is 20.9. The average molecular weight is 433 g/mol. The van der Waals surface area contributed by atoms with Crippen LogP contribution in [0.5, 0.6) is 11.5 Å². The molecule has 0 saturated heterocycles. The number of carbonyl (C=O) groups excluding carboxylic acids is 1. The van der Waals surface area contributed by atoms with Crippen LogP contribution in [0.4, 0.5) is 5.13 Å². The molecule has 0 bridgehead atoms. The predicted molar refractivity (Wildman–Crippen MR) is 125 cm³/mol. The highest BCUT2D eigenvalue weighted by atomic mass is 32.1. The molecular formula is C25H24N2O3S. The van der Waals surface area contributed by atoms with Gasteiger partial charge in [0.15, 0.2) is 5.13 Å². The lowest BCUT2D eigenvalue weighted by atomic mass is 10.1. The molecule has 0 saturated carbocycles. The van der Waals surface area contributed by atoms with Gasteiger partial charge in [0.2, 0.25) is 5.91 Å². The summed E-state index contributed by atoms with van der Waals surface area (Å²) in [4.78, 5) is 20.0. The molecule has 4 rings (SSSR count). The summed E-state index contributed by atoms with van der Waals surface area (Å²) in [5, 5.41) is 0.671. The number of amides is 1. The van der Waals surface area contributed by atoms with Crippen molar-refractivity contribution in [2.75, 3.05) is 19.1 Å². The summed E-state index contributed by atoms with van der Waals surface area (Å²) in [6.07, 6.45) is 0.281. The van der Waals surface area contributed by atoms with Crippen LogP contribution >= 0.6 is 11.3 Å². The molecule has 1 aromatic heterocycles. The zero-order chi connectivity index (χ0) is 21.8. The fourth-order valence-corrected chi connectivity index (χ4v) is 4.49. The van der Waals surface area contributed by atoms with Crippen molar-refractivity contribution < 1.29 is 14.3 Å². The van der Waals surface area contributed by atoms with Crippen LogP contribution in [0.25, 0.3) is 10.2 Å². The molecule has 0 radical (unpaired) electrons. The van der Waals surface area contributed by atoms with E-state index in [0.29, 0.717) is 17.4 Å². The van der Waals surface area contributed by atoms with Gasteiger partial charge in [0.25, 0.3) is 0 Å². The second-order valence-electron chi connectivity index (χ2n) is 7.25. The zero-order valence-electron chi connectivity index (χ0n) is 17.8. The van der Waals surface area contributed by atoms with Crippen molar-refractivity contribution >= 4 is 32.6 Å². The number of ether oxygens (including phenoxy) is 2. The van der Waals surface area contributed by atoms with Crippen LogP contribution in [0.1, 0.15) is 16.7 Å². The van der Waals surface area contributed by atoms with Gasteiger partial charge in [0, 0.05) is 0 Å². The number of benzene rings is 3. The normalized spacial score (nSPS) is 10.8. The summed E-state index contributed by atoms with van der Waals surface area (Å²) in [7, 11) is 3.27. The minimum Gasteiger partial charge on any atom is -0.497 e. The van der Waals surface area contributed by atoms with Gasteiger partial charge >= 0.3 is 0 Å². The average Bonchev–Trinajstić information content (AvgIpc) is 3.25. The number of anilines is 1. The number of hydrogen-bond acceptors (Lipinski definition) is 5. The van der Waals surface area contributed by atoms with Gasteiger partial charge in [-0.25, -0.2) is 4.98 Å². The van der Waals surface area contributed by atoms with E-state index in [1.54, 1.807) is 19.1 Å². The first-order chi connectivity index (χ1) is 15.1. The summed E-state index contributed by atoms with van der Waals surface area (Å²) < 4.78 is 11.8. The maximum atomic E-state index is 13.4. The first-order valence-electron chi connectivity index (χ1n) is 10.0. The van der Waals surface area contributed by atoms with Crippen LogP contribution in [0.15, 0.2) is 66.7 Å². The fraction of sp³-hybridized carbons (Fsp3) is 0.200. The van der Waals surface area contributed by atoms with E-state index in [-0.39, 0.29) is 12.3 Å². The van der Waals surface area contributed by atoms with Crippen molar-refractivity contribution in [3.8, 4) is 11.5 Å². The minimum absolute atomic E-state index is 0.00954. The van der Waals surface area contributed by atoms with E-state index in [9.17, 15) is 4.79 Å². The van der Waals surface area contributed by atoms with Gasteiger partial charge in [0.1, 0.15) is 17.0 Å². The summed E-state index contributed by atoms with van der Waals surface area (Å²) in [5.74, 6) is 1.47. The number of carbonyl (C=O) groups is 1. The third-order valence-electron chi connectivity index (χ3n) is 5.14. The number of hydrogen-bond donors (Lipinski definition) is 0. The van der Waals surface area contributed by atoms with Crippen LogP contribution < -0.4 is 14.4 Å². The second-order valence-corrected chi connectivity index (χ2v) is 8.23. The number of nitrogens with zero attached hydrogens (tertiary/aromatic N) is 2. The Hall–Kier alpha value is -3.38. The molecule has 0 fully saturated rings. The van der Waals surface area contributed by atoms with Gasteiger partial charge in [0.05, 0.1) is 31.9 Å². The molecule has 0 atom stereocenters. The minimum atomic E-state index is -0.00954. The molecule has 6 heteroatoms. The topological polar surface area (TPSA) is 51.7 Å². The van der Waals surface area contributed by atoms with Gasteiger partial charge in [-0.3, -0.25) is 9.69 Å². The van der Waals surface area contributed by atoms with Crippen molar-refractivity contribution in [2.24, 2.45) is 0 Å². The summed E-state index contributed by atoms with van der Waals surface area (Å²) >= 11 is 1.52. The smallest absolute Gasteiger partial charge is 0.233 e. The number of thiazole rings is 1. The molecule has 158 valence electrons. The van der Waals surface area contributed by atoms with Gasteiger partial charge < -0.3 is 9.47 Å². The van der Waals surface area contributed by atoms with Crippen LogP contribution in [0.3, 0.4) is 0 Å². The van der Waals surface area contributed by atoms with Crippen LogP contribution in [0.2, 0.25) is 0 Å². The Bertz CT molecular complexity index is 1190. The maximum Gasteiger partial charge on any atom is 0.233 e. The highest BCUT2D eigenvalue weighted by Gasteiger charge is 2.22. The molecule has 0 spiro atoms. The molecule has 1 heterocycles. The standard InChI is InChI=1S/C25H24N2O3S/c1-17-9-14-21(30-3)23-24(17)31-25(26-23)27(16-19-7-5-4-6-8-19)22(28)15-18-10-12-20(29-2)13-11-18/h4-14H,15-16H2,1-3H3. The molecule has 0 aliphatic carbocycles. The Morgan fingerprint density at radius 2 is 1.68 bits per heavy atom. The Kier molecular flexibility index (Phi) is 6.18. The van der Waals surface area contributed by atoms with Crippen molar-refractivity contribution in [2.45, 2.75) is 19.9 Å². The summed E-state index contributed by atoms with van der Waals surface area (Å²) in [5.41, 5.74) is 3.88. The maximum absolute atomic E-state index is 13.4. The molecular weight excluding hydrogens is 408 g/mol. The van der Waals surface area contributed by atoms with Crippen LogP contribution in [-0.2, 0) is 17.8 Å². The Labute approximate surface area is 185 Å². The van der Waals surface area contributed by atoms with E-state index in [1.807, 2.05) is 73.7 Å². The molecule has 5 nitrogen and oxygen atoms in total. The van der Waals surface area contributed by atoms with E-state index in [1.165, 1.54) is 11.3 Å². The molecule has 0 aliphatic rings. The largest absolute Gasteiger partial charge is 0.497 e. The van der Waals surface area contributed by atoms with E-state index in [4.69, 9.17) is 14.5 Å². The fourth-order valence-electron chi connectivity index (χ4n) is 3.42.